The Morgan fingerprint density at radius 3 is 0.845 bits per heavy atom. The van der Waals surface area contributed by atoms with Gasteiger partial charge in [-0.1, -0.05) is 452 Å². The zero-order valence-electron chi connectivity index (χ0n) is 95.6. The van der Waals surface area contributed by atoms with Crippen molar-refractivity contribution >= 4 is 76.2 Å². The largest absolute Gasteiger partial charge is 0.385 e. The first kappa shape index (κ1) is 180. The summed E-state index contributed by atoms with van der Waals surface area (Å²) in [6, 6.07) is 48.8. The third-order valence-corrected chi connectivity index (χ3v) is 20.6. The van der Waals surface area contributed by atoms with Gasteiger partial charge in [0.25, 0.3) is 0 Å². The molecule has 1 aliphatic rings. The predicted octanol–water partition coefficient (Wildman–Crippen LogP) is 34.3. The highest BCUT2D eigenvalue weighted by atomic mass is 32.2. The highest BCUT2D eigenvalue weighted by Gasteiger charge is 2.19. The lowest BCUT2D eigenvalue weighted by atomic mass is 9.92. The first-order chi connectivity index (χ1) is 66.7. The van der Waals surface area contributed by atoms with Crippen molar-refractivity contribution in [1.82, 2.24) is 36.8 Å². The number of hydrogen-bond acceptors (Lipinski definition) is 13. The summed E-state index contributed by atoms with van der Waals surface area (Å²) in [4.78, 5) is 119. The zero-order valence-corrected chi connectivity index (χ0v) is 96.4. The Hall–Kier alpha value is -9.40. The van der Waals surface area contributed by atoms with Crippen LogP contribution in [0.2, 0.25) is 0 Å². The van der Waals surface area contributed by atoms with Crippen LogP contribution in [-0.4, -0.2) is 148 Å². The molecule has 0 spiro atoms. The number of ether oxygens (including phenoxy) is 1. The second-order valence-electron chi connectivity index (χ2n) is 33.9. The molecule has 148 heavy (non-hydrogen) atoms. The highest BCUT2D eigenvalue weighted by molar-refractivity contribution is 7.98. The van der Waals surface area contributed by atoms with Gasteiger partial charge >= 0.3 is 0 Å². The molecule has 0 aliphatic carbocycles. The maximum atomic E-state index is 11.5. The van der Waals surface area contributed by atoms with Crippen LogP contribution in [0.15, 0.2) is 146 Å². The van der Waals surface area contributed by atoms with E-state index in [1.165, 1.54) is 148 Å². The monoisotopic (exact) mass is 2100 g/mol. The van der Waals surface area contributed by atoms with Gasteiger partial charge in [0.2, 0.25) is 41.4 Å². The van der Waals surface area contributed by atoms with Gasteiger partial charge in [-0.3, -0.25) is 43.2 Å². The fourth-order valence-corrected chi connectivity index (χ4v) is 10.5. The molecule has 20 heteroatoms. The van der Waals surface area contributed by atoms with E-state index in [4.69, 9.17) is 0 Å². The molecule has 0 bridgehead atoms. The van der Waals surface area contributed by atoms with Crippen LogP contribution in [0, 0.1) is 47.5 Å². The maximum absolute atomic E-state index is 11.5. The smallest absolute Gasteiger partial charge is 0.224 e. The van der Waals surface area contributed by atoms with Gasteiger partial charge in [-0.05, 0) is 154 Å². The number of unbranched alkanes of at least 4 members (excludes halogenated alkanes) is 10. The number of piperidine rings is 1. The van der Waals surface area contributed by atoms with E-state index in [1.807, 2.05) is 190 Å². The van der Waals surface area contributed by atoms with Gasteiger partial charge < -0.3 is 51.1 Å². The quantitative estimate of drug-likeness (QED) is 0.0158. The van der Waals surface area contributed by atoms with Crippen molar-refractivity contribution in [3.63, 3.8) is 0 Å². The number of likely N-dealkylation sites (N-methyl/N-ethyl adjacent to an activating group) is 1. The fourth-order valence-electron chi connectivity index (χ4n) is 10.5. The summed E-state index contributed by atoms with van der Waals surface area (Å²) in [5.74, 6) is 3.92. The van der Waals surface area contributed by atoms with Gasteiger partial charge in [-0.2, -0.15) is 11.8 Å². The number of hydrogen-bond donors (Lipinski definition) is 6. The van der Waals surface area contributed by atoms with E-state index in [1.54, 1.807) is 42.0 Å². The number of amides is 7. The second-order valence-corrected chi connectivity index (χ2v) is 35.1. The molecular weight excluding hydrogens is 1860 g/mol. The van der Waals surface area contributed by atoms with Gasteiger partial charge in [0.15, 0.2) is 11.6 Å². The number of aryl methyl sites for hydroxylation is 6. The SMILES string of the molecule is C.C.C.C.C.C.C.C.CCC(=O)NC.CCC(=O)c1ccc(C)cc1.CCC(C)=O.CCCC.CCCC1CCN(C(C)=O)CC1.CCCCC.CCCCC(=O)c1ccc(C)cc1.CCCCC(C)=O.CCCCCC.CCCCNC(=O)CC.CCCCNC(=O)Cc1ccc(C)cc1.CCCNC(C)=O.CCNC(C)=O.CCOC.CCSC.CNC(=O)Cc1ccc(C)cc1.Cc1ccc(-c2ccc(C)cc2)cc1. The second kappa shape index (κ2) is 140. The van der Waals surface area contributed by atoms with E-state index < -0.39 is 0 Å². The molecule has 7 amide bonds. The normalized spacial score (nSPS) is 9.43. The van der Waals surface area contributed by atoms with Gasteiger partial charge in [-0.25, -0.2) is 0 Å². The number of likely N-dealkylation sites (tertiary alicyclic amines) is 1. The van der Waals surface area contributed by atoms with Crippen molar-refractivity contribution < 1.29 is 57.5 Å². The molecule has 0 radical (unpaired) electrons. The zero-order chi connectivity index (χ0) is 109. The van der Waals surface area contributed by atoms with Crippen molar-refractivity contribution in [2.75, 3.05) is 79.1 Å². The highest BCUT2D eigenvalue weighted by Crippen LogP contribution is 2.22. The van der Waals surface area contributed by atoms with E-state index in [0.29, 0.717) is 50.7 Å². The average Bonchev–Trinajstić information content (AvgIpc) is 0.859. The van der Waals surface area contributed by atoms with Crippen molar-refractivity contribution in [2.45, 2.75) is 460 Å². The Kier molecular flexibility index (Phi) is 170. The minimum absolute atomic E-state index is 0. The van der Waals surface area contributed by atoms with Crippen molar-refractivity contribution in [3.05, 3.63) is 201 Å². The number of benzene rings is 6. The minimum Gasteiger partial charge on any atom is -0.385 e. The molecule has 19 nitrogen and oxygen atoms in total. The standard InChI is InChI=1S/C14H14.C13H19NO.C12H16O.C10H13NO.C10H19NO.C10H12O.C7H15NO.C6H12O.C6H14.C5H11NO.C5H12.2C4H9NO.C4H8O.C4H10.C3H8O.C3H8S.8CH4/c1-11-3-7-13(8-4-11)14-9-5-12(2)6-10-14;1-3-4-9-14-13(15)10-12-7-5-11(2)6-8-12;1-3-4-5-12(13)11-8-6-10(2)7-9-11;1-8-3-5-9(6-4-8)7-10(12)11-2;1-3-4-10-5-7-11(8-6-10)9(2)12;1-3-10(11)9-6-4-8(2)5-7-9;1-3-5-6-8-7(9)4-2;1-3-4-5-6(2)7;1-3-5-6-4-2;1-3-4-6-5(2)7;1-3-5-4-2;1-3-4(6)5-2;1-3-5-4(2)6;1-3-4(2)5;3*1-3-4-2;;;;;;;;/h3-10H,1-2H3;5-8H,3-4,9-10H2,1-2H3,(H,14,15);6-9H,3-5H2,1-2H3;3-6H,7H2,1-2H3,(H,11,12);10H,3-8H2,1-2H3;4-7H,3H2,1-2H3;3-6H2,1-2H3,(H,8,9);3-5H2,1-2H3;3-6H2,1-2H3;3-4H2,1-2H3,(H,6,7);3-5H2,1-2H3;2*3H2,1-2H3,(H,5,6);3H2,1-2H3;3-4H2,1-2H3;2*3H2,1-2H3;8*1H4. The van der Waals surface area contributed by atoms with Crippen molar-refractivity contribution in [1.29, 1.82) is 0 Å². The Morgan fingerprint density at radius 1 is 0.324 bits per heavy atom. The molecular formula is C128H241N7O12S. The molecule has 0 atom stereocenters. The molecule has 7 rings (SSSR count). The average molecular weight is 2100 g/mol. The third-order valence-electron chi connectivity index (χ3n) is 20.1. The molecule has 1 fully saturated rings. The van der Waals surface area contributed by atoms with Crippen LogP contribution in [-0.2, 0) is 60.7 Å². The summed E-state index contributed by atoms with van der Waals surface area (Å²) in [6.45, 7) is 65.5. The summed E-state index contributed by atoms with van der Waals surface area (Å²) in [5.41, 5.74) is 13.8. The molecule has 6 aromatic rings. The summed E-state index contributed by atoms with van der Waals surface area (Å²) in [5, 5.41) is 16.0. The number of nitrogens with one attached hydrogen (secondary N) is 6. The molecule has 866 valence electrons. The van der Waals surface area contributed by atoms with Crippen LogP contribution in [0.25, 0.3) is 11.1 Å². The first-order valence-corrected chi connectivity index (χ1v) is 54.2. The number of thioether (sulfide) groups is 1. The van der Waals surface area contributed by atoms with Crippen LogP contribution in [0.3, 0.4) is 0 Å². The lowest BCUT2D eigenvalue weighted by Gasteiger charge is -2.31. The lowest BCUT2D eigenvalue weighted by molar-refractivity contribution is -0.130. The van der Waals surface area contributed by atoms with E-state index in [0.717, 1.165) is 138 Å². The number of nitrogens with zero attached hydrogens (tertiary/aromatic N) is 1. The molecule has 0 unspecified atom stereocenters. The molecule has 6 aromatic carbocycles. The summed E-state index contributed by atoms with van der Waals surface area (Å²) < 4.78 is 4.54. The minimum atomic E-state index is 0. The summed E-state index contributed by atoms with van der Waals surface area (Å²) in [7, 11) is 4.96. The van der Waals surface area contributed by atoms with Crippen LogP contribution < -0.4 is 31.9 Å². The summed E-state index contributed by atoms with van der Waals surface area (Å²) in [6.07, 6.45) is 33.9. The van der Waals surface area contributed by atoms with E-state index in [2.05, 4.69) is 188 Å². The topological polar surface area (TPSA) is 272 Å². The molecule has 6 N–H and O–H groups in total. The first-order valence-electron chi connectivity index (χ1n) is 52.8. The predicted molar refractivity (Wildman–Crippen MR) is 662 cm³/mol. The number of carbonyl (C=O) groups excluding carboxylic acids is 11. The van der Waals surface area contributed by atoms with Gasteiger partial charge in [-0.15, -0.1) is 0 Å². The van der Waals surface area contributed by atoms with Gasteiger partial charge in [0.05, 0.1) is 12.8 Å². The number of ketones is 4. The Morgan fingerprint density at radius 2 is 0.628 bits per heavy atom. The number of rotatable bonds is 36. The third kappa shape index (κ3) is 143. The molecule has 1 aliphatic heterocycles. The number of carbonyl (C=O) groups is 11. The van der Waals surface area contributed by atoms with Crippen LogP contribution in [0.1, 0.15) is 471 Å². The van der Waals surface area contributed by atoms with E-state index in [-0.39, 0.29) is 118 Å². The molecule has 1 heterocycles. The van der Waals surface area contributed by atoms with Crippen LogP contribution in [0.4, 0.5) is 0 Å². The van der Waals surface area contributed by atoms with Crippen LogP contribution in [0.5, 0.6) is 0 Å². The number of Topliss-reactive ketones (excluding diaryl/α,β-unsaturated/α-hetero) is 4. The molecule has 0 aromatic heterocycles. The Bertz CT molecular complexity index is 3720. The Balaban J connectivity index is -0.0000000767. The molecule has 1 saturated heterocycles. The van der Waals surface area contributed by atoms with E-state index >= 15 is 0 Å². The maximum Gasteiger partial charge on any atom is 0.224 e. The van der Waals surface area contributed by atoms with Crippen LogP contribution >= 0.6 is 11.8 Å². The van der Waals surface area contributed by atoms with Gasteiger partial charge in [0, 0.05) is 138 Å². The Labute approximate surface area is 921 Å². The number of methoxy groups -OCH3 is 1. The van der Waals surface area contributed by atoms with E-state index in [9.17, 15) is 52.7 Å². The van der Waals surface area contributed by atoms with Crippen molar-refractivity contribution in [2.24, 2.45) is 5.92 Å². The van der Waals surface area contributed by atoms with Gasteiger partial charge in [0.1, 0.15) is 11.6 Å². The summed E-state index contributed by atoms with van der Waals surface area (Å²) >= 11 is 1.86. The van der Waals surface area contributed by atoms with Crippen molar-refractivity contribution in [3.8, 4) is 11.1 Å². The lowest BCUT2D eigenvalue weighted by Crippen LogP contribution is -2.36. The fraction of sp³-hybridized carbons (Fsp3) is 0.633. The molecule has 0 saturated carbocycles.